The molecular weight excluding hydrogens is 477 g/mol. The molecule has 35 heavy (non-hydrogen) atoms. The van der Waals surface area contributed by atoms with Gasteiger partial charge in [-0.05, 0) is 19.1 Å². The molecule has 0 unspecified atom stereocenters. The van der Waals surface area contributed by atoms with Crippen molar-refractivity contribution in [2.24, 2.45) is 0 Å². The largest absolute Gasteiger partial charge is 0.507 e. The summed E-state index contributed by atoms with van der Waals surface area (Å²) >= 11 is 6.75. The van der Waals surface area contributed by atoms with Crippen LogP contribution in [0.2, 0.25) is 5.02 Å². The predicted octanol–water partition coefficient (Wildman–Crippen LogP) is 1.56. The lowest BCUT2D eigenvalue weighted by Crippen LogP contribution is -2.55. The van der Waals surface area contributed by atoms with E-state index in [1.165, 1.54) is 18.2 Å². The molecule has 0 spiro atoms. The number of ether oxygens (including phenoxy) is 1. The number of benzene rings is 1. The molecule has 1 amide bonds. The Kier molecular flexibility index (Phi) is 6.71. The lowest BCUT2D eigenvalue weighted by molar-refractivity contribution is 0.0606. The summed E-state index contributed by atoms with van der Waals surface area (Å²) in [5.74, 6) is -0.663. The van der Waals surface area contributed by atoms with Crippen molar-refractivity contribution in [3.05, 3.63) is 34.6 Å². The fourth-order valence-electron chi connectivity index (χ4n) is 5.17. The number of β-amino-alcohol motifs (C(OH)–C–C–N with tert-alkyl or cyclic N) is 1. The van der Waals surface area contributed by atoms with Crippen molar-refractivity contribution in [3.63, 3.8) is 0 Å². The van der Waals surface area contributed by atoms with Crippen LogP contribution >= 0.6 is 11.6 Å². The van der Waals surface area contributed by atoms with E-state index in [1.807, 2.05) is 11.8 Å². The molecule has 188 valence electrons. The lowest BCUT2D eigenvalue weighted by atomic mass is 10.0. The second kappa shape index (κ2) is 9.77. The highest BCUT2D eigenvalue weighted by molar-refractivity contribution is 6.35. The summed E-state index contributed by atoms with van der Waals surface area (Å²) in [5, 5.41) is 23.1. The third-order valence-electron chi connectivity index (χ3n) is 6.95. The first kappa shape index (κ1) is 24.1. The number of carbonyl (C=O) groups excluding carboxylic acids is 1. The number of anilines is 1. The number of phenols is 1. The average Bonchev–Trinajstić information content (AvgIpc) is 2.98. The predicted molar refractivity (Wildman–Crippen MR) is 130 cm³/mol. The van der Waals surface area contributed by atoms with E-state index in [9.17, 15) is 19.4 Å². The van der Waals surface area contributed by atoms with Gasteiger partial charge < -0.3 is 30.1 Å². The molecule has 2 atom stereocenters. The van der Waals surface area contributed by atoms with Crippen LogP contribution in [0.15, 0.2) is 18.2 Å². The molecule has 1 aromatic heterocycles. The number of aliphatic hydroxyl groups is 1. The first-order chi connectivity index (χ1) is 16.9. The number of amides is 1. The summed E-state index contributed by atoms with van der Waals surface area (Å²) in [6.45, 7) is 6.53. The molecular formula is C24H29ClFN5O4. The van der Waals surface area contributed by atoms with Crippen molar-refractivity contribution in [2.45, 2.75) is 19.0 Å². The molecule has 0 aliphatic carbocycles. The minimum Gasteiger partial charge on any atom is -0.507 e. The molecule has 2 fully saturated rings. The Labute approximate surface area is 208 Å². The van der Waals surface area contributed by atoms with Crippen LogP contribution in [0, 0.1) is 5.82 Å². The number of hydrogen-bond donors (Lipinski definition) is 3. The molecule has 3 aliphatic rings. The van der Waals surface area contributed by atoms with Crippen molar-refractivity contribution in [3.8, 4) is 22.8 Å². The maximum absolute atomic E-state index is 14.9. The summed E-state index contributed by atoms with van der Waals surface area (Å²) < 4.78 is 21.0. The number of pyridine rings is 1. The average molecular weight is 506 g/mol. The molecule has 9 nitrogen and oxygen atoms in total. The van der Waals surface area contributed by atoms with Crippen LogP contribution in [-0.4, -0.2) is 102 Å². The zero-order valence-electron chi connectivity index (χ0n) is 19.5. The van der Waals surface area contributed by atoms with Gasteiger partial charge in [-0.3, -0.25) is 9.69 Å². The van der Waals surface area contributed by atoms with Crippen LogP contribution in [0.5, 0.6) is 11.5 Å². The normalized spacial score (nSPS) is 22.9. The number of aromatic nitrogens is 1. The third-order valence-corrected chi connectivity index (χ3v) is 7.30. The van der Waals surface area contributed by atoms with Crippen LogP contribution in [-0.2, 0) is 0 Å². The number of nitrogens with one attached hydrogen (secondary N) is 1. The molecule has 3 N–H and O–H groups in total. The molecule has 3 aliphatic heterocycles. The van der Waals surface area contributed by atoms with E-state index in [0.29, 0.717) is 51.6 Å². The summed E-state index contributed by atoms with van der Waals surface area (Å²) in [6.07, 6.45) is 0. The zero-order valence-corrected chi connectivity index (χ0v) is 20.3. The quantitative estimate of drug-likeness (QED) is 0.575. The van der Waals surface area contributed by atoms with E-state index in [-0.39, 0.29) is 64.5 Å². The minimum absolute atomic E-state index is 0.00289. The minimum atomic E-state index is -0.673. The molecule has 2 aromatic rings. The maximum Gasteiger partial charge on any atom is 0.261 e. The number of hydrogen-bond acceptors (Lipinski definition) is 8. The standard InChI is InChI=1S/C24H29ClFN5O4/c1-14-12-29(9-10-32)7-8-30(14)23-19-22(35-13-15-11-27-5-6-31(15)24(19)34)20(25)21(28-23)18-16(26)3-2-4-17(18)33/h2-4,14-15,27,32-33H,5-13H2,1H3/t14-,15+/m0/s1. The number of aliphatic hydroxyl groups excluding tert-OH is 1. The van der Waals surface area contributed by atoms with Crippen molar-refractivity contribution < 1.29 is 24.1 Å². The van der Waals surface area contributed by atoms with Crippen LogP contribution in [0.4, 0.5) is 10.2 Å². The SMILES string of the molecule is C[C@H]1CN(CCO)CCN1c1nc(-c2c(O)cccc2F)c(Cl)c2c1C(=O)N1CCNC[C@@H]1CO2. The molecule has 0 bridgehead atoms. The van der Waals surface area contributed by atoms with Crippen LogP contribution < -0.4 is 15.0 Å². The summed E-state index contributed by atoms with van der Waals surface area (Å²) in [7, 11) is 0. The van der Waals surface area contributed by atoms with Gasteiger partial charge in [0.1, 0.15) is 40.3 Å². The highest BCUT2D eigenvalue weighted by Crippen LogP contribution is 2.46. The summed E-state index contributed by atoms with van der Waals surface area (Å²) in [4.78, 5) is 24.5. The molecule has 5 rings (SSSR count). The van der Waals surface area contributed by atoms with Crippen molar-refractivity contribution in [1.29, 1.82) is 0 Å². The van der Waals surface area contributed by atoms with Gasteiger partial charge in [0.25, 0.3) is 5.91 Å². The number of rotatable bonds is 4. The topological polar surface area (TPSA) is 101 Å². The van der Waals surface area contributed by atoms with Crippen molar-refractivity contribution in [2.75, 3.05) is 63.9 Å². The van der Waals surface area contributed by atoms with Gasteiger partial charge in [0.2, 0.25) is 0 Å². The molecule has 4 heterocycles. The van der Waals surface area contributed by atoms with Gasteiger partial charge in [-0.15, -0.1) is 0 Å². The van der Waals surface area contributed by atoms with Gasteiger partial charge in [-0.1, -0.05) is 17.7 Å². The molecule has 0 saturated carbocycles. The first-order valence-corrected chi connectivity index (χ1v) is 12.2. The molecule has 2 saturated heterocycles. The fourth-order valence-corrected chi connectivity index (χ4v) is 5.46. The number of piperazine rings is 2. The lowest BCUT2D eigenvalue weighted by Gasteiger charge is -2.41. The van der Waals surface area contributed by atoms with Crippen molar-refractivity contribution in [1.82, 2.24) is 20.1 Å². The third kappa shape index (κ3) is 4.29. The number of carbonyl (C=O) groups is 1. The van der Waals surface area contributed by atoms with Gasteiger partial charge >= 0.3 is 0 Å². The number of aromatic hydroxyl groups is 1. The van der Waals surface area contributed by atoms with E-state index in [4.69, 9.17) is 21.3 Å². The van der Waals surface area contributed by atoms with Crippen LogP contribution in [0.25, 0.3) is 11.3 Å². The van der Waals surface area contributed by atoms with Gasteiger partial charge in [0.15, 0.2) is 5.75 Å². The monoisotopic (exact) mass is 505 g/mol. The van der Waals surface area contributed by atoms with Gasteiger partial charge in [-0.2, -0.15) is 0 Å². The Balaban J connectivity index is 1.68. The number of phenolic OH excluding ortho intramolecular Hbond substituents is 1. The van der Waals surface area contributed by atoms with Crippen molar-refractivity contribution >= 4 is 23.3 Å². The van der Waals surface area contributed by atoms with Gasteiger partial charge in [0, 0.05) is 51.9 Å². The number of halogens is 2. The highest BCUT2D eigenvalue weighted by atomic mass is 35.5. The second-order valence-corrected chi connectivity index (χ2v) is 9.55. The van der Waals surface area contributed by atoms with E-state index in [2.05, 4.69) is 10.2 Å². The summed E-state index contributed by atoms with van der Waals surface area (Å²) in [6, 6.07) is 3.78. The van der Waals surface area contributed by atoms with Gasteiger partial charge in [0.05, 0.1) is 18.2 Å². The Bertz CT molecular complexity index is 1120. The fraction of sp³-hybridized carbons (Fsp3) is 0.500. The molecule has 11 heteroatoms. The van der Waals surface area contributed by atoms with Crippen LogP contribution in [0.3, 0.4) is 0 Å². The Morgan fingerprint density at radius 3 is 2.83 bits per heavy atom. The van der Waals surface area contributed by atoms with E-state index in [1.54, 1.807) is 4.90 Å². The zero-order chi connectivity index (χ0) is 24.7. The summed E-state index contributed by atoms with van der Waals surface area (Å²) in [5.41, 5.74) is 0.168. The van der Waals surface area contributed by atoms with Crippen LogP contribution in [0.1, 0.15) is 17.3 Å². The smallest absolute Gasteiger partial charge is 0.261 e. The molecule has 1 aromatic carbocycles. The van der Waals surface area contributed by atoms with E-state index in [0.717, 1.165) is 0 Å². The Morgan fingerprint density at radius 2 is 2.09 bits per heavy atom. The van der Waals surface area contributed by atoms with E-state index >= 15 is 0 Å². The van der Waals surface area contributed by atoms with Gasteiger partial charge in [-0.25, -0.2) is 9.37 Å². The Hall–Kier alpha value is -2.66. The maximum atomic E-state index is 14.9. The first-order valence-electron chi connectivity index (χ1n) is 11.9. The number of nitrogens with zero attached hydrogens (tertiary/aromatic N) is 4. The number of fused-ring (bicyclic) bond motifs is 2. The molecule has 0 radical (unpaired) electrons. The second-order valence-electron chi connectivity index (χ2n) is 9.17. The highest BCUT2D eigenvalue weighted by Gasteiger charge is 2.40. The Morgan fingerprint density at radius 1 is 1.26 bits per heavy atom. The van der Waals surface area contributed by atoms with E-state index < -0.39 is 5.82 Å².